The van der Waals surface area contributed by atoms with Crippen LogP contribution in [0, 0.1) is 35.1 Å². The molecule has 34 heavy (non-hydrogen) atoms. The Bertz CT molecular complexity index is 932. The Morgan fingerprint density at radius 3 is 2.09 bits per heavy atom. The number of rotatable bonds is 11. The molecule has 1 fully saturated rings. The van der Waals surface area contributed by atoms with Gasteiger partial charge in [0, 0.05) is 18.2 Å². The predicted octanol–water partition coefficient (Wildman–Crippen LogP) is 8.01. The third-order valence-corrected chi connectivity index (χ3v) is 6.50. The van der Waals surface area contributed by atoms with E-state index in [1.807, 2.05) is 0 Å². The Hall–Kier alpha value is -2.57. The molecule has 2 aromatic carbocycles. The number of halogens is 4. The molecule has 0 radical (unpaired) electrons. The van der Waals surface area contributed by atoms with Crippen molar-refractivity contribution >= 4 is 5.97 Å². The Kier molecular flexibility index (Phi) is 9.78. The lowest BCUT2D eigenvalue weighted by Crippen LogP contribution is -2.20. The standard InChI is InChI=1S/C27H32F4O3/c1-2-3-4-5-6-7-18-8-10-19(11-9-18)17-33-20-12-13-22(23(28)14-20)27(32)34-21-15-24(29)26(31)25(30)16-21/h12-16,18-19H,2-11,17H2,1H3. The summed E-state index contributed by atoms with van der Waals surface area (Å²) in [5.41, 5.74) is -0.420. The Labute approximate surface area is 198 Å². The monoisotopic (exact) mass is 480 g/mol. The van der Waals surface area contributed by atoms with Gasteiger partial charge in [-0.3, -0.25) is 0 Å². The van der Waals surface area contributed by atoms with E-state index in [2.05, 4.69) is 6.92 Å². The smallest absolute Gasteiger partial charge is 0.346 e. The third kappa shape index (κ3) is 7.47. The van der Waals surface area contributed by atoms with E-state index in [-0.39, 0.29) is 0 Å². The van der Waals surface area contributed by atoms with E-state index in [4.69, 9.17) is 9.47 Å². The molecular formula is C27H32F4O3. The number of hydrogen-bond acceptors (Lipinski definition) is 3. The van der Waals surface area contributed by atoms with E-state index in [9.17, 15) is 22.4 Å². The maximum atomic E-state index is 14.4. The first-order chi connectivity index (χ1) is 16.4. The number of esters is 1. The van der Waals surface area contributed by atoms with Gasteiger partial charge < -0.3 is 9.47 Å². The molecule has 0 saturated heterocycles. The van der Waals surface area contributed by atoms with Crippen LogP contribution in [0.25, 0.3) is 0 Å². The molecule has 0 aliphatic heterocycles. The van der Waals surface area contributed by atoms with Gasteiger partial charge in [0.2, 0.25) is 0 Å². The first kappa shape index (κ1) is 26.0. The second-order valence-corrected chi connectivity index (χ2v) is 9.13. The first-order valence-corrected chi connectivity index (χ1v) is 12.2. The molecule has 0 unspecified atom stereocenters. The van der Waals surface area contributed by atoms with Crippen LogP contribution in [0.4, 0.5) is 17.6 Å². The summed E-state index contributed by atoms with van der Waals surface area (Å²) in [5, 5.41) is 0. The van der Waals surface area contributed by atoms with Crippen LogP contribution in [0.2, 0.25) is 0 Å². The van der Waals surface area contributed by atoms with E-state index in [0.717, 1.165) is 24.8 Å². The molecule has 1 saturated carbocycles. The molecule has 0 heterocycles. The molecule has 186 valence electrons. The summed E-state index contributed by atoms with van der Waals surface area (Å²) in [7, 11) is 0. The van der Waals surface area contributed by atoms with Gasteiger partial charge in [0.25, 0.3) is 0 Å². The van der Waals surface area contributed by atoms with Gasteiger partial charge >= 0.3 is 5.97 Å². The zero-order valence-electron chi connectivity index (χ0n) is 19.6. The van der Waals surface area contributed by atoms with Crippen molar-refractivity contribution in [2.24, 2.45) is 11.8 Å². The van der Waals surface area contributed by atoms with Crippen LogP contribution < -0.4 is 9.47 Å². The lowest BCUT2D eigenvalue weighted by molar-refractivity contribution is 0.0728. The normalized spacial score (nSPS) is 18.0. The number of hydrogen-bond donors (Lipinski definition) is 0. The van der Waals surface area contributed by atoms with Gasteiger partial charge in [0.05, 0.1) is 12.2 Å². The molecule has 0 bridgehead atoms. The van der Waals surface area contributed by atoms with Gasteiger partial charge in [-0.15, -0.1) is 0 Å². The molecule has 1 aliphatic rings. The van der Waals surface area contributed by atoms with Gasteiger partial charge in [-0.1, -0.05) is 58.3 Å². The highest BCUT2D eigenvalue weighted by Crippen LogP contribution is 2.33. The van der Waals surface area contributed by atoms with E-state index in [1.165, 1.54) is 63.5 Å². The van der Waals surface area contributed by atoms with Crippen LogP contribution in [0.15, 0.2) is 30.3 Å². The van der Waals surface area contributed by atoms with Crippen molar-refractivity contribution in [2.75, 3.05) is 6.61 Å². The van der Waals surface area contributed by atoms with E-state index < -0.39 is 40.6 Å². The fraction of sp³-hybridized carbons (Fsp3) is 0.519. The molecule has 0 spiro atoms. The lowest BCUT2D eigenvalue weighted by Gasteiger charge is -2.28. The summed E-state index contributed by atoms with van der Waals surface area (Å²) in [6, 6.07) is 4.77. The second-order valence-electron chi connectivity index (χ2n) is 9.13. The highest BCUT2D eigenvalue weighted by Gasteiger charge is 2.22. The SMILES string of the molecule is CCCCCCCC1CCC(COc2ccc(C(=O)Oc3cc(F)c(F)c(F)c3)c(F)c2)CC1. The van der Waals surface area contributed by atoms with Crippen LogP contribution in [0.3, 0.4) is 0 Å². The van der Waals surface area contributed by atoms with Crippen LogP contribution in [-0.2, 0) is 0 Å². The maximum absolute atomic E-state index is 14.4. The van der Waals surface area contributed by atoms with Gasteiger partial charge in [-0.2, -0.15) is 0 Å². The van der Waals surface area contributed by atoms with E-state index in [1.54, 1.807) is 0 Å². The van der Waals surface area contributed by atoms with Crippen LogP contribution >= 0.6 is 0 Å². The average molecular weight is 481 g/mol. The van der Waals surface area contributed by atoms with Crippen LogP contribution in [-0.4, -0.2) is 12.6 Å². The number of carbonyl (C=O) groups is 1. The number of benzene rings is 2. The van der Waals surface area contributed by atoms with Crippen molar-refractivity contribution < 1.29 is 31.8 Å². The number of carbonyl (C=O) groups excluding carboxylic acids is 1. The summed E-state index contributed by atoms with van der Waals surface area (Å²) >= 11 is 0. The molecule has 7 heteroatoms. The molecule has 3 rings (SSSR count). The minimum absolute atomic E-state index is 0.297. The molecule has 3 nitrogen and oxygen atoms in total. The summed E-state index contributed by atoms with van der Waals surface area (Å²) in [5.74, 6) is -5.76. The van der Waals surface area contributed by atoms with Gasteiger partial charge in [0.15, 0.2) is 17.5 Å². The fourth-order valence-corrected chi connectivity index (χ4v) is 4.44. The molecule has 2 aromatic rings. The van der Waals surface area contributed by atoms with Crippen molar-refractivity contribution in [1.82, 2.24) is 0 Å². The van der Waals surface area contributed by atoms with Crippen molar-refractivity contribution in [3.63, 3.8) is 0 Å². The van der Waals surface area contributed by atoms with Crippen LogP contribution in [0.1, 0.15) is 81.5 Å². The fourth-order valence-electron chi connectivity index (χ4n) is 4.44. The zero-order valence-corrected chi connectivity index (χ0v) is 19.6. The molecule has 0 aromatic heterocycles. The third-order valence-electron chi connectivity index (χ3n) is 6.50. The molecule has 1 aliphatic carbocycles. The maximum Gasteiger partial charge on any atom is 0.346 e. The molecular weight excluding hydrogens is 448 g/mol. The lowest BCUT2D eigenvalue weighted by atomic mass is 9.80. The highest BCUT2D eigenvalue weighted by molar-refractivity contribution is 5.91. The topological polar surface area (TPSA) is 35.5 Å². The van der Waals surface area contributed by atoms with Crippen LogP contribution in [0.5, 0.6) is 11.5 Å². The van der Waals surface area contributed by atoms with Crippen molar-refractivity contribution in [2.45, 2.75) is 71.1 Å². The van der Waals surface area contributed by atoms with Gasteiger partial charge in [-0.25, -0.2) is 22.4 Å². The zero-order chi connectivity index (χ0) is 24.5. The predicted molar refractivity (Wildman–Crippen MR) is 122 cm³/mol. The molecule has 0 amide bonds. The molecule has 0 N–H and O–H groups in total. The van der Waals surface area contributed by atoms with Crippen molar-refractivity contribution in [3.8, 4) is 11.5 Å². The average Bonchev–Trinajstić information content (AvgIpc) is 2.81. The van der Waals surface area contributed by atoms with Crippen molar-refractivity contribution in [1.29, 1.82) is 0 Å². The number of ether oxygens (including phenoxy) is 2. The first-order valence-electron chi connectivity index (χ1n) is 12.2. The Balaban J connectivity index is 1.44. The Morgan fingerprint density at radius 2 is 1.44 bits per heavy atom. The highest BCUT2D eigenvalue weighted by atomic mass is 19.2. The summed E-state index contributed by atoms with van der Waals surface area (Å²) in [6.07, 6.45) is 12.4. The minimum atomic E-state index is -1.68. The minimum Gasteiger partial charge on any atom is -0.493 e. The largest absolute Gasteiger partial charge is 0.493 e. The Morgan fingerprint density at radius 1 is 0.824 bits per heavy atom. The quantitative estimate of drug-likeness (QED) is 0.107. The summed E-state index contributed by atoms with van der Waals surface area (Å²) < 4.78 is 64.6. The second kappa shape index (κ2) is 12.8. The number of unbranched alkanes of at least 4 members (excludes halogenated alkanes) is 4. The summed E-state index contributed by atoms with van der Waals surface area (Å²) in [4.78, 5) is 12.2. The van der Waals surface area contributed by atoms with Gasteiger partial charge in [0.1, 0.15) is 17.3 Å². The van der Waals surface area contributed by atoms with Crippen molar-refractivity contribution in [3.05, 3.63) is 59.2 Å². The molecule has 0 atom stereocenters. The van der Waals surface area contributed by atoms with E-state index in [0.29, 0.717) is 30.4 Å². The summed E-state index contributed by atoms with van der Waals surface area (Å²) in [6.45, 7) is 2.71. The van der Waals surface area contributed by atoms with E-state index >= 15 is 0 Å². The van der Waals surface area contributed by atoms with Gasteiger partial charge in [-0.05, 0) is 36.8 Å².